The predicted molar refractivity (Wildman–Crippen MR) is 159 cm³/mol. The Labute approximate surface area is 241 Å². The highest BCUT2D eigenvalue weighted by atomic mass is 16.6. The first kappa shape index (κ1) is 36.4. The van der Waals surface area contributed by atoms with Crippen molar-refractivity contribution in [1.82, 2.24) is 5.32 Å². The summed E-state index contributed by atoms with van der Waals surface area (Å²) in [7, 11) is 7.78. The monoisotopic (exact) mass is 553 g/mol. The first-order valence-electron chi connectivity index (χ1n) is 16.0. The topological polar surface area (TPSA) is 86.2 Å². The van der Waals surface area contributed by atoms with Crippen LogP contribution < -0.4 is 5.32 Å². The number of amides is 1. The van der Waals surface area contributed by atoms with Gasteiger partial charge in [-0.25, -0.2) is 0 Å². The normalized spacial score (nSPS) is 22.0. The summed E-state index contributed by atoms with van der Waals surface area (Å²) in [5.74, 6) is 0.0420. The number of rotatable bonds is 26. The van der Waals surface area contributed by atoms with Crippen LogP contribution in [0.4, 0.5) is 0 Å². The van der Waals surface area contributed by atoms with Gasteiger partial charge in [0.1, 0.15) is 26.2 Å². The zero-order valence-electron chi connectivity index (χ0n) is 25.7. The van der Waals surface area contributed by atoms with E-state index in [1.54, 1.807) is 7.11 Å². The van der Waals surface area contributed by atoms with Gasteiger partial charge < -0.3 is 29.4 Å². The van der Waals surface area contributed by atoms with Crippen LogP contribution in [-0.2, 0) is 23.7 Å². The second-order valence-corrected chi connectivity index (χ2v) is 11.5. The maximum atomic E-state index is 12.3. The third-order valence-electron chi connectivity index (χ3n) is 7.46. The summed E-state index contributed by atoms with van der Waals surface area (Å²) < 4.78 is 23.1. The molecular formula is C31H60BNO6. The fourth-order valence-electron chi connectivity index (χ4n) is 5.25. The molecule has 0 aliphatic carbocycles. The molecule has 0 bridgehead atoms. The molecule has 228 valence electrons. The van der Waals surface area contributed by atoms with Gasteiger partial charge in [-0.15, -0.1) is 0 Å². The highest BCUT2D eigenvalue weighted by Crippen LogP contribution is 2.27. The average molecular weight is 554 g/mol. The minimum Gasteiger partial charge on any atom is -0.394 e. The lowest BCUT2D eigenvalue weighted by Gasteiger charge is -2.26. The Morgan fingerprint density at radius 2 is 1.49 bits per heavy atom. The summed E-state index contributed by atoms with van der Waals surface area (Å²) in [6, 6.07) is -0.761. The van der Waals surface area contributed by atoms with Gasteiger partial charge >= 0.3 is 0 Å². The minimum absolute atomic E-state index is 0.0306. The molecule has 1 aliphatic heterocycles. The fraction of sp³-hybridized carbons (Fsp3) is 0.968. The number of nitrogens with one attached hydrogen (secondary N) is 1. The molecule has 1 heterocycles. The molecular weight excluding hydrogens is 493 g/mol. The zero-order valence-corrected chi connectivity index (χ0v) is 25.7. The van der Waals surface area contributed by atoms with E-state index in [1.165, 1.54) is 70.6 Å². The largest absolute Gasteiger partial charge is 0.394 e. The lowest BCUT2D eigenvalue weighted by Crippen LogP contribution is -2.41. The van der Waals surface area contributed by atoms with E-state index in [0.29, 0.717) is 19.6 Å². The Morgan fingerprint density at radius 1 is 0.897 bits per heavy atom. The molecule has 1 fully saturated rings. The van der Waals surface area contributed by atoms with Crippen LogP contribution in [0, 0.1) is 0 Å². The van der Waals surface area contributed by atoms with E-state index in [2.05, 4.69) is 12.2 Å². The second kappa shape index (κ2) is 24.0. The van der Waals surface area contributed by atoms with E-state index in [1.807, 2.05) is 13.8 Å². The van der Waals surface area contributed by atoms with Crippen LogP contribution in [-0.4, -0.2) is 82.3 Å². The maximum Gasteiger partial charge on any atom is 0.220 e. The Morgan fingerprint density at radius 3 is 2.03 bits per heavy atom. The van der Waals surface area contributed by atoms with Gasteiger partial charge in [-0.3, -0.25) is 4.79 Å². The van der Waals surface area contributed by atoms with Crippen molar-refractivity contribution in [3.63, 3.8) is 0 Å². The highest BCUT2D eigenvalue weighted by Gasteiger charge is 2.43. The quantitative estimate of drug-likeness (QED) is 0.104. The maximum absolute atomic E-state index is 12.3. The molecule has 1 rings (SSSR count). The van der Waals surface area contributed by atoms with Gasteiger partial charge in [0, 0.05) is 26.1 Å². The van der Waals surface area contributed by atoms with Gasteiger partial charge in [0.2, 0.25) is 5.91 Å². The number of aliphatic hydroxyl groups is 1. The fourth-order valence-corrected chi connectivity index (χ4v) is 5.25. The van der Waals surface area contributed by atoms with E-state index in [9.17, 15) is 9.90 Å². The molecule has 7 nitrogen and oxygen atoms in total. The Balaban J connectivity index is 2.08. The molecule has 1 aliphatic rings. The van der Waals surface area contributed by atoms with Crippen molar-refractivity contribution < 1.29 is 28.8 Å². The molecule has 39 heavy (non-hydrogen) atoms. The number of carbonyl (C=O) groups is 1. The van der Waals surface area contributed by atoms with Crippen LogP contribution in [0.25, 0.3) is 0 Å². The lowest BCUT2D eigenvalue weighted by atomic mass is 9.92. The van der Waals surface area contributed by atoms with E-state index in [0.717, 1.165) is 32.1 Å². The first-order chi connectivity index (χ1) is 18.9. The molecule has 0 saturated carbocycles. The molecule has 2 N–H and O–H groups in total. The van der Waals surface area contributed by atoms with E-state index < -0.39 is 6.00 Å². The van der Waals surface area contributed by atoms with Gasteiger partial charge in [-0.2, -0.15) is 0 Å². The van der Waals surface area contributed by atoms with Crippen molar-refractivity contribution >= 4 is 13.8 Å². The van der Waals surface area contributed by atoms with Gasteiger partial charge in [0.15, 0.2) is 0 Å². The summed E-state index contributed by atoms with van der Waals surface area (Å²) in [5, 5.41) is 12.7. The molecule has 5 atom stereocenters. The van der Waals surface area contributed by atoms with Gasteiger partial charge in [0.25, 0.3) is 0 Å². The number of hydrogen-bond donors (Lipinski definition) is 2. The van der Waals surface area contributed by atoms with Crippen molar-refractivity contribution in [3.05, 3.63) is 0 Å². The van der Waals surface area contributed by atoms with Crippen molar-refractivity contribution in [3.8, 4) is 0 Å². The predicted octanol–water partition coefficient (Wildman–Crippen LogP) is 5.83. The molecule has 0 aromatic rings. The van der Waals surface area contributed by atoms with Crippen molar-refractivity contribution in [2.75, 3.05) is 26.9 Å². The molecule has 8 heteroatoms. The van der Waals surface area contributed by atoms with Gasteiger partial charge in [-0.05, 0) is 39.5 Å². The highest BCUT2D eigenvalue weighted by molar-refractivity contribution is 6.11. The van der Waals surface area contributed by atoms with E-state index in [-0.39, 0.29) is 43.0 Å². The summed E-state index contributed by atoms with van der Waals surface area (Å²) >= 11 is 0. The molecule has 5 unspecified atom stereocenters. The van der Waals surface area contributed by atoms with Gasteiger partial charge in [0.05, 0.1) is 25.4 Å². The summed E-state index contributed by atoms with van der Waals surface area (Å²) in [5.41, 5.74) is 0. The van der Waals surface area contributed by atoms with Crippen LogP contribution >= 0.6 is 0 Å². The smallest absolute Gasteiger partial charge is 0.220 e. The van der Waals surface area contributed by atoms with Crippen molar-refractivity contribution in [2.45, 2.75) is 166 Å². The molecule has 0 aromatic carbocycles. The van der Waals surface area contributed by atoms with E-state index in [4.69, 9.17) is 26.8 Å². The number of hydrogen-bond acceptors (Lipinski definition) is 6. The molecule has 1 amide bonds. The third kappa shape index (κ3) is 17.7. The molecule has 0 spiro atoms. The van der Waals surface area contributed by atoms with Crippen LogP contribution in [0.3, 0.4) is 0 Å². The first-order valence-corrected chi connectivity index (χ1v) is 16.0. The zero-order chi connectivity index (χ0) is 28.7. The van der Waals surface area contributed by atoms with Crippen LogP contribution in [0.15, 0.2) is 0 Å². The number of aliphatic hydroxyl groups excluding tert-OH is 1. The SMILES string of the molecule is [B]C1OC(COC)C(OC(C)C)C1OCCCCC(CO)NC(=O)CCCCCCCCCCCCCCC. The summed E-state index contributed by atoms with van der Waals surface area (Å²) in [6.07, 6.45) is 18.9. The third-order valence-corrected chi connectivity index (χ3v) is 7.46. The van der Waals surface area contributed by atoms with Crippen LogP contribution in [0.5, 0.6) is 0 Å². The lowest BCUT2D eigenvalue weighted by molar-refractivity contribution is -0.122. The Kier molecular flexibility index (Phi) is 22.4. The molecule has 2 radical (unpaired) electrons. The number of ether oxygens (including phenoxy) is 4. The van der Waals surface area contributed by atoms with Crippen LogP contribution in [0.2, 0.25) is 0 Å². The average Bonchev–Trinajstić information content (AvgIpc) is 3.18. The Hall–Kier alpha value is -0.665. The van der Waals surface area contributed by atoms with Crippen LogP contribution in [0.1, 0.15) is 130 Å². The summed E-state index contributed by atoms with van der Waals surface area (Å²) in [4.78, 5) is 12.3. The summed E-state index contributed by atoms with van der Waals surface area (Å²) in [6.45, 7) is 7.10. The number of unbranched alkanes of at least 4 members (excludes halogenated alkanes) is 13. The molecule has 0 aromatic heterocycles. The van der Waals surface area contributed by atoms with E-state index >= 15 is 0 Å². The van der Waals surface area contributed by atoms with Crippen molar-refractivity contribution in [1.29, 1.82) is 0 Å². The minimum atomic E-state index is -0.552. The van der Waals surface area contributed by atoms with Gasteiger partial charge in [-0.1, -0.05) is 84.0 Å². The number of carbonyl (C=O) groups excluding carboxylic acids is 1. The Bertz CT molecular complexity index is 581. The standard InChI is InChI=1S/C31H60BNO6/c1-5-6-7-8-9-10-11-12-13-14-15-16-17-21-28(35)33-26(23-34)20-18-19-22-37-30-29(38-25(2)3)27(24-36-4)39-31(30)32/h25-27,29-31,34H,5-24H2,1-4H3,(H,33,35). The van der Waals surface area contributed by atoms with Crippen molar-refractivity contribution in [2.24, 2.45) is 0 Å². The second-order valence-electron chi connectivity index (χ2n) is 11.5. The number of methoxy groups -OCH3 is 1. The molecule has 1 saturated heterocycles.